The van der Waals surface area contributed by atoms with Gasteiger partial charge in [0.15, 0.2) is 0 Å². The van der Waals surface area contributed by atoms with Crippen molar-refractivity contribution in [1.82, 2.24) is 9.38 Å². The Balaban J connectivity index is 1.87. The minimum Gasteiger partial charge on any atom is -0.338 e. The molecule has 2 aromatic carbocycles. The van der Waals surface area contributed by atoms with Crippen LogP contribution in [0.4, 0.5) is 5.69 Å². The Bertz CT molecular complexity index is 1310. The molecule has 124 valence electrons. The van der Waals surface area contributed by atoms with Crippen LogP contribution in [0, 0.1) is 11.3 Å². The zero-order valence-electron chi connectivity index (χ0n) is 13.2. The van der Waals surface area contributed by atoms with Gasteiger partial charge in [0.25, 0.3) is 11.8 Å². The van der Waals surface area contributed by atoms with Gasteiger partial charge in [-0.25, -0.2) is 4.90 Å². The first kappa shape index (κ1) is 14.8. The number of H-pyrrole nitrogens is 1. The highest BCUT2D eigenvalue weighted by Gasteiger charge is 2.44. The van der Waals surface area contributed by atoms with Gasteiger partial charge in [-0.3, -0.25) is 14.0 Å². The molecule has 0 saturated carbocycles. The van der Waals surface area contributed by atoms with Crippen LogP contribution in [0.15, 0.2) is 48.5 Å². The summed E-state index contributed by atoms with van der Waals surface area (Å²) in [6.07, 6.45) is 0. The molecule has 1 N–H and O–H groups in total. The van der Waals surface area contributed by atoms with Gasteiger partial charge in [0, 0.05) is 0 Å². The first-order valence-electron chi connectivity index (χ1n) is 7.82. The van der Waals surface area contributed by atoms with Crippen LogP contribution in [0.1, 0.15) is 26.4 Å². The molecule has 1 aliphatic rings. The zero-order chi connectivity index (χ0) is 18.0. The predicted molar refractivity (Wildman–Crippen MR) is 96.6 cm³/mol. The number of benzene rings is 2. The molecule has 26 heavy (non-hydrogen) atoms. The van der Waals surface area contributed by atoms with Crippen molar-refractivity contribution in [2.75, 3.05) is 4.90 Å². The third-order valence-corrected chi connectivity index (χ3v) is 4.92. The number of carbonyl (C=O) groups excluding carboxylic acids is 2. The summed E-state index contributed by atoms with van der Waals surface area (Å²) >= 11 is 6.19. The molecule has 0 saturated heterocycles. The maximum Gasteiger partial charge on any atom is 0.283 e. The molecule has 0 radical (unpaired) electrons. The van der Waals surface area contributed by atoms with Gasteiger partial charge in [-0.15, -0.1) is 0 Å². The fourth-order valence-corrected chi connectivity index (χ4v) is 3.74. The Hall–Kier alpha value is -3.56. The molecule has 0 unspecified atom stereocenters. The minimum atomic E-state index is -0.546. The molecule has 5 rings (SSSR count). The molecule has 0 bridgehead atoms. The van der Waals surface area contributed by atoms with E-state index in [0.29, 0.717) is 11.3 Å². The molecule has 0 atom stereocenters. The van der Waals surface area contributed by atoms with Crippen LogP contribution in [-0.4, -0.2) is 21.2 Å². The summed E-state index contributed by atoms with van der Waals surface area (Å²) < 4.78 is 1.64. The molecular formula is C19H9ClN4O2. The number of hydrogen-bond donors (Lipinski definition) is 1. The topological polar surface area (TPSA) is 81.4 Å². The average Bonchev–Trinajstić information content (AvgIpc) is 3.24. The smallest absolute Gasteiger partial charge is 0.283 e. The average molecular weight is 361 g/mol. The van der Waals surface area contributed by atoms with Crippen molar-refractivity contribution in [3.63, 3.8) is 0 Å². The summed E-state index contributed by atoms with van der Waals surface area (Å²) in [5, 5.41) is 9.93. The fourth-order valence-electron chi connectivity index (χ4n) is 3.51. The van der Waals surface area contributed by atoms with E-state index in [0.717, 1.165) is 15.9 Å². The standard InChI is InChI=1S/C19H9ClN4O2/c20-11-5-1-3-7-13(11)24-18(25)15-10(9-21)17-22-12-6-2-4-8-14(12)23(17)16(15)19(24)26/h1-8,22H. The number of para-hydroxylation sites is 3. The number of anilines is 1. The van der Waals surface area contributed by atoms with Gasteiger partial charge in [-0.2, -0.15) is 5.26 Å². The maximum absolute atomic E-state index is 13.1. The number of halogens is 1. The van der Waals surface area contributed by atoms with E-state index in [4.69, 9.17) is 11.6 Å². The summed E-state index contributed by atoms with van der Waals surface area (Å²) in [5.74, 6) is -1.05. The molecule has 2 aromatic heterocycles. The number of aromatic amines is 1. The van der Waals surface area contributed by atoms with E-state index >= 15 is 0 Å². The second kappa shape index (κ2) is 4.97. The van der Waals surface area contributed by atoms with Gasteiger partial charge in [-0.1, -0.05) is 35.9 Å². The monoisotopic (exact) mass is 360 g/mol. The van der Waals surface area contributed by atoms with E-state index in [-0.39, 0.29) is 21.8 Å². The van der Waals surface area contributed by atoms with E-state index < -0.39 is 11.8 Å². The lowest BCUT2D eigenvalue weighted by molar-refractivity contribution is 0.0924. The Morgan fingerprint density at radius 3 is 2.50 bits per heavy atom. The van der Waals surface area contributed by atoms with Crippen molar-refractivity contribution in [2.24, 2.45) is 0 Å². The summed E-state index contributed by atoms with van der Waals surface area (Å²) in [6.45, 7) is 0. The summed E-state index contributed by atoms with van der Waals surface area (Å²) in [7, 11) is 0. The third kappa shape index (κ3) is 1.65. The lowest BCUT2D eigenvalue weighted by Gasteiger charge is -2.15. The lowest BCUT2D eigenvalue weighted by atomic mass is 10.1. The minimum absolute atomic E-state index is 0.106. The molecule has 3 heterocycles. The number of imidazole rings is 1. The number of nitrogens with one attached hydrogen (secondary N) is 1. The molecule has 4 aromatic rings. The van der Waals surface area contributed by atoms with Crippen molar-refractivity contribution in [2.45, 2.75) is 0 Å². The number of aromatic nitrogens is 2. The van der Waals surface area contributed by atoms with Crippen molar-refractivity contribution in [3.05, 3.63) is 70.4 Å². The summed E-state index contributed by atoms with van der Waals surface area (Å²) in [4.78, 5) is 30.3. The van der Waals surface area contributed by atoms with Crippen LogP contribution < -0.4 is 4.90 Å². The van der Waals surface area contributed by atoms with Gasteiger partial charge >= 0.3 is 0 Å². The fraction of sp³-hybridized carbons (Fsp3) is 0. The largest absolute Gasteiger partial charge is 0.338 e. The van der Waals surface area contributed by atoms with Gasteiger partial charge in [0.1, 0.15) is 23.0 Å². The number of nitriles is 1. The molecule has 0 spiro atoms. The second-order valence-corrected chi connectivity index (χ2v) is 6.34. The number of fused-ring (bicyclic) bond motifs is 5. The van der Waals surface area contributed by atoms with Crippen LogP contribution >= 0.6 is 11.6 Å². The Morgan fingerprint density at radius 2 is 1.73 bits per heavy atom. The van der Waals surface area contributed by atoms with Crippen molar-refractivity contribution >= 4 is 45.8 Å². The van der Waals surface area contributed by atoms with Crippen LogP contribution in [0.3, 0.4) is 0 Å². The van der Waals surface area contributed by atoms with E-state index in [1.807, 2.05) is 24.3 Å². The first-order chi connectivity index (χ1) is 12.6. The molecule has 0 fully saturated rings. The van der Waals surface area contributed by atoms with Gasteiger partial charge in [0.05, 0.1) is 27.3 Å². The Labute approximate surface area is 151 Å². The normalized spacial score (nSPS) is 13.6. The van der Waals surface area contributed by atoms with Crippen LogP contribution in [0.2, 0.25) is 5.02 Å². The highest BCUT2D eigenvalue weighted by molar-refractivity contribution is 6.40. The van der Waals surface area contributed by atoms with E-state index in [1.165, 1.54) is 0 Å². The first-order valence-corrected chi connectivity index (χ1v) is 8.20. The predicted octanol–water partition coefficient (Wildman–Crippen LogP) is 3.75. The third-order valence-electron chi connectivity index (χ3n) is 4.60. The Kier molecular flexibility index (Phi) is 2.82. The molecule has 6 nitrogen and oxygen atoms in total. The van der Waals surface area contributed by atoms with E-state index in [1.54, 1.807) is 28.7 Å². The number of nitrogens with zero attached hydrogens (tertiary/aromatic N) is 3. The molecule has 2 amide bonds. The van der Waals surface area contributed by atoms with Crippen LogP contribution in [0.5, 0.6) is 0 Å². The quantitative estimate of drug-likeness (QED) is 0.525. The van der Waals surface area contributed by atoms with E-state index in [2.05, 4.69) is 11.1 Å². The number of amides is 2. The Morgan fingerprint density at radius 1 is 1.00 bits per heavy atom. The highest BCUT2D eigenvalue weighted by Crippen LogP contribution is 2.38. The number of imide groups is 1. The molecule has 0 aliphatic carbocycles. The molecular weight excluding hydrogens is 352 g/mol. The number of rotatable bonds is 1. The number of hydrogen-bond acceptors (Lipinski definition) is 3. The van der Waals surface area contributed by atoms with E-state index in [9.17, 15) is 14.9 Å². The maximum atomic E-state index is 13.1. The highest BCUT2D eigenvalue weighted by atomic mass is 35.5. The number of carbonyl (C=O) groups is 2. The van der Waals surface area contributed by atoms with Gasteiger partial charge in [-0.05, 0) is 24.3 Å². The van der Waals surface area contributed by atoms with Crippen LogP contribution in [-0.2, 0) is 0 Å². The summed E-state index contributed by atoms with van der Waals surface area (Å²) in [5.41, 5.74) is 2.69. The zero-order valence-corrected chi connectivity index (χ0v) is 13.9. The van der Waals surface area contributed by atoms with Crippen molar-refractivity contribution < 1.29 is 9.59 Å². The second-order valence-electron chi connectivity index (χ2n) is 5.93. The van der Waals surface area contributed by atoms with Gasteiger partial charge in [0.2, 0.25) is 0 Å². The van der Waals surface area contributed by atoms with Gasteiger partial charge < -0.3 is 4.98 Å². The lowest BCUT2D eigenvalue weighted by Crippen LogP contribution is -2.30. The molecule has 7 heteroatoms. The van der Waals surface area contributed by atoms with Crippen LogP contribution in [0.25, 0.3) is 16.7 Å². The summed E-state index contributed by atoms with van der Waals surface area (Å²) in [6, 6.07) is 16.1. The van der Waals surface area contributed by atoms with Crippen molar-refractivity contribution in [3.8, 4) is 6.07 Å². The molecule has 1 aliphatic heterocycles. The SMILES string of the molecule is N#Cc1c2c(n3c1[nH]c1ccccc13)C(=O)N(c1ccccc1Cl)C2=O. The van der Waals surface area contributed by atoms with Crippen molar-refractivity contribution in [1.29, 1.82) is 5.26 Å².